The van der Waals surface area contributed by atoms with Crippen molar-refractivity contribution < 1.29 is 19.6 Å². The Morgan fingerprint density at radius 3 is 2.75 bits per heavy atom. The smallest absolute Gasteiger partial charge is 0.389 e. The molecular weight excluding hydrogens is 268 g/mol. The summed E-state index contributed by atoms with van der Waals surface area (Å²) in [6.45, 7) is 0.366. The van der Waals surface area contributed by atoms with Gasteiger partial charge in [-0.15, -0.1) is 0 Å². The number of hydrogen-bond acceptors (Lipinski definition) is 5. The Hall–Kier alpha value is -2.45. The van der Waals surface area contributed by atoms with Crippen LogP contribution in [0.4, 0.5) is 5.82 Å². The highest BCUT2D eigenvalue weighted by Crippen LogP contribution is 2.04. The van der Waals surface area contributed by atoms with E-state index >= 15 is 0 Å². The molecule has 2 N–H and O–H groups in total. The second-order valence-electron chi connectivity index (χ2n) is 4.18. The van der Waals surface area contributed by atoms with E-state index in [1.165, 1.54) is 16.9 Å². The number of nitro groups is 1. The summed E-state index contributed by atoms with van der Waals surface area (Å²) in [5.74, 6) is -1.41. The number of carboxylic acids is 1. The van der Waals surface area contributed by atoms with Crippen molar-refractivity contribution in [1.82, 2.24) is 15.1 Å². The molecule has 1 rings (SSSR count). The lowest BCUT2D eigenvalue weighted by Crippen LogP contribution is -2.28. The van der Waals surface area contributed by atoms with E-state index in [0.29, 0.717) is 19.4 Å². The zero-order chi connectivity index (χ0) is 15.0. The van der Waals surface area contributed by atoms with Gasteiger partial charge in [-0.3, -0.25) is 9.59 Å². The first kappa shape index (κ1) is 15.6. The zero-order valence-corrected chi connectivity index (χ0v) is 10.8. The van der Waals surface area contributed by atoms with Crippen molar-refractivity contribution in [1.29, 1.82) is 0 Å². The molecule has 0 bridgehead atoms. The van der Waals surface area contributed by atoms with Crippen LogP contribution >= 0.6 is 0 Å². The lowest BCUT2D eigenvalue weighted by Gasteiger charge is -2.03. The number of amides is 1. The highest BCUT2D eigenvalue weighted by molar-refractivity contribution is 5.75. The number of aromatic nitrogens is 2. The molecule has 20 heavy (non-hydrogen) atoms. The Balaban J connectivity index is 2.16. The number of nitrogens with zero attached hydrogens (tertiary/aromatic N) is 3. The molecule has 0 aromatic carbocycles. The van der Waals surface area contributed by atoms with Gasteiger partial charge in [0.15, 0.2) is 0 Å². The van der Waals surface area contributed by atoms with Crippen molar-refractivity contribution in [2.75, 3.05) is 6.54 Å². The summed E-state index contributed by atoms with van der Waals surface area (Å²) < 4.78 is 1.19. The van der Waals surface area contributed by atoms with Crippen LogP contribution in [0.1, 0.15) is 25.7 Å². The number of nitrogens with one attached hydrogen (secondary N) is 1. The predicted octanol–water partition coefficient (Wildman–Crippen LogP) is 0.552. The van der Waals surface area contributed by atoms with Crippen LogP contribution < -0.4 is 5.32 Å². The van der Waals surface area contributed by atoms with Crippen LogP contribution in [-0.2, 0) is 16.1 Å². The third kappa shape index (κ3) is 5.94. The molecule has 0 aliphatic heterocycles. The monoisotopic (exact) mass is 284 g/mol. The van der Waals surface area contributed by atoms with Crippen molar-refractivity contribution >= 4 is 17.7 Å². The lowest BCUT2D eigenvalue weighted by molar-refractivity contribution is -0.389. The number of unbranched alkanes of at least 4 members (excludes halogenated alkanes) is 2. The molecule has 0 spiro atoms. The van der Waals surface area contributed by atoms with E-state index in [-0.39, 0.29) is 24.7 Å². The van der Waals surface area contributed by atoms with E-state index in [1.807, 2.05) is 0 Å². The maximum atomic E-state index is 11.5. The molecule has 9 heteroatoms. The summed E-state index contributed by atoms with van der Waals surface area (Å²) in [5.41, 5.74) is 0. The van der Waals surface area contributed by atoms with Gasteiger partial charge in [0.1, 0.15) is 6.54 Å². The van der Waals surface area contributed by atoms with E-state index in [9.17, 15) is 19.7 Å². The fraction of sp³-hybridized carbons (Fsp3) is 0.545. The van der Waals surface area contributed by atoms with Gasteiger partial charge in [-0.05, 0) is 17.8 Å². The van der Waals surface area contributed by atoms with Crippen LogP contribution in [0.15, 0.2) is 12.3 Å². The second kappa shape index (κ2) is 7.87. The predicted molar refractivity (Wildman–Crippen MR) is 68.0 cm³/mol. The topological polar surface area (TPSA) is 127 Å². The molecule has 0 atom stereocenters. The van der Waals surface area contributed by atoms with E-state index in [0.717, 1.165) is 6.42 Å². The van der Waals surface area contributed by atoms with Gasteiger partial charge in [-0.1, -0.05) is 6.42 Å². The summed E-state index contributed by atoms with van der Waals surface area (Å²) in [6, 6.07) is 1.22. The molecule has 0 aliphatic rings. The van der Waals surface area contributed by atoms with Crippen molar-refractivity contribution in [3.8, 4) is 0 Å². The van der Waals surface area contributed by atoms with Crippen molar-refractivity contribution in [3.05, 3.63) is 22.4 Å². The van der Waals surface area contributed by atoms with Gasteiger partial charge in [-0.2, -0.15) is 4.68 Å². The molecular formula is C11H16N4O5. The average molecular weight is 284 g/mol. The van der Waals surface area contributed by atoms with Crippen molar-refractivity contribution in [2.45, 2.75) is 32.2 Å². The van der Waals surface area contributed by atoms with E-state index in [1.54, 1.807) is 0 Å². The highest BCUT2D eigenvalue weighted by Gasteiger charge is 2.12. The molecule has 1 aromatic rings. The number of rotatable bonds is 9. The Labute approximate surface area is 114 Å². The van der Waals surface area contributed by atoms with Crippen LogP contribution in [-0.4, -0.2) is 38.2 Å². The van der Waals surface area contributed by atoms with Gasteiger partial charge < -0.3 is 20.5 Å². The first-order valence-electron chi connectivity index (χ1n) is 6.15. The number of carbonyl (C=O) groups excluding carboxylic acids is 1. The minimum atomic E-state index is -0.825. The highest BCUT2D eigenvalue weighted by atomic mass is 16.6. The molecule has 0 fully saturated rings. The van der Waals surface area contributed by atoms with Gasteiger partial charge >= 0.3 is 11.8 Å². The quantitative estimate of drug-likeness (QED) is 0.387. The fourth-order valence-corrected chi connectivity index (χ4v) is 1.55. The molecule has 0 saturated heterocycles. The normalized spacial score (nSPS) is 10.2. The van der Waals surface area contributed by atoms with Gasteiger partial charge in [0.2, 0.25) is 5.91 Å². The fourth-order valence-electron chi connectivity index (χ4n) is 1.55. The van der Waals surface area contributed by atoms with Crippen LogP contribution in [0, 0.1) is 10.1 Å². The van der Waals surface area contributed by atoms with Crippen LogP contribution in [0.5, 0.6) is 0 Å². The van der Waals surface area contributed by atoms with E-state index in [2.05, 4.69) is 10.4 Å². The third-order valence-electron chi connectivity index (χ3n) is 2.51. The SMILES string of the molecule is O=C(O)CCCCCNC(=O)Cn1ccc([N+](=O)[O-])n1. The molecule has 1 heterocycles. The zero-order valence-electron chi connectivity index (χ0n) is 10.8. The number of hydrogen-bond donors (Lipinski definition) is 2. The van der Waals surface area contributed by atoms with Gasteiger partial charge in [0.25, 0.3) is 0 Å². The summed E-state index contributed by atoms with van der Waals surface area (Å²) in [5, 5.41) is 25.1. The summed E-state index contributed by atoms with van der Waals surface area (Å²) in [6.07, 6.45) is 3.49. The van der Waals surface area contributed by atoms with Gasteiger partial charge in [0, 0.05) is 13.0 Å². The summed E-state index contributed by atoms with van der Waals surface area (Å²) in [7, 11) is 0. The number of carbonyl (C=O) groups is 2. The van der Waals surface area contributed by atoms with Crippen LogP contribution in [0.2, 0.25) is 0 Å². The third-order valence-corrected chi connectivity index (χ3v) is 2.51. The first-order valence-corrected chi connectivity index (χ1v) is 6.15. The van der Waals surface area contributed by atoms with Crippen molar-refractivity contribution in [3.63, 3.8) is 0 Å². The Morgan fingerprint density at radius 1 is 1.40 bits per heavy atom. The molecule has 1 aromatic heterocycles. The maximum Gasteiger partial charge on any atom is 0.389 e. The molecule has 0 aliphatic carbocycles. The van der Waals surface area contributed by atoms with Crippen molar-refractivity contribution in [2.24, 2.45) is 0 Å². The van der Waals surface area contributed by atoms with Gasteiger partial charge in [-0.25, -0.2) is 0 Å². The maximum absolute atomic E-state index is 11.5. The standard InChI is InChI=1S/C11H16N4O5/c16-10(12-6-3-1-2-4-11(17)18)8-14-7-5-9(13-14)15(19)20/h5,7H,1-4,6,8H2,(H,12,16)(H,17,18). The Bertz CT molecular complexity index is 485. The van der Waals surface area contributed by atoms with E-state index < -0.39 is 10.9 Å². The second-order valence-corrected chi connectivity index (χ2v) is 4.18. The molecule has 1 amide bonds. The molecule has 0 saturated carbocycles. The minimum absolute atomic E-state index is 0.0804. The lowest BCUT2D eigenvalue weighted by atomic mass is 10.2. The largest absolute Gasteiger partial charge is 0.481 e. The van der Waals surface area contributed by atoms with E-state index in [4.69, 9.17) is 5.11 Å². The Morgan fingerprint density at radius 2 is 2.15 bits per heavy atom. The summed E-state index contributed by atoms with van der Waals surface area (Å²) in [4.78, 5) is 31.5. The molecule has 110 valence electrons. The molecule has 0 unspecified atom stereocenters. The average Bonchev–Trinajstić information content (AvgIpc) is 2.81. The summed E-state index contributed by atoms with van der Waals surface area (Å²) >= 11 is 0. The van der Waals surface area contributed by atoms with Crippen LogP contribution in [0.3, 0.4) is 0 Å². The molecule has 9 nitrogen and oxygen atoms in total. The minimum Gasteiger partial charge on any atom is -0.481 e. The van der Waals surface area contributed by atoms with Crippen LogP contribution in [0.25, 0.3) is 0 Å². The first-order chi connectivity index (χ1) is 9.49. The molecule has 0 radical (unpaired) electrons. The Kier molecular flexibility index (Phi) is 6.14. The number of aliphatic carboxylic acids is 1. The number of carboxylic acid groups (broad SMARTS) is 1. The van der Waals surface area contributed by atoms with Gasteiger partial charge in [0.05, 0.1) is 17.4 Å².